The molecule has 0 bridgehead atoms. The number of hydrogen-bond acceptors (Lipinski definition) is 2. The summed E-state index contributed by atoms with van der Waals surface area (Å²) < 4.78 is 0. The average molecular weight is 335 g/mol. The number of anilines is 2. The Bertz CT molecular complexity index is 776. The monoisotopic (exact) mass is 334 g/mol. The van der Waals surface area contributed by atoms with Gasteiger partial charge in [-0.1, -0.05) is 47.5 Å². The van der Waals surface area contributed by atoms with Crippen molar-refractivity contribution in [2.75, 3.05) is 17.3 Å². The van der Waals surface area contributed by atoms with Crippen molar-refractivity contribution >= 4 is 46.4 Å². The normalized spacial score (nSPS) is 16.6. The maximum absolute atomic E-state index is 12.5. The lowest BCUT2D eigenvalue weighted by Gasteiger charge is -2.13. The van der Waals surface area contributed by atoms with E-state index >= 15 is 0 Å². The van der Waals surface area contributed by atoms with Gasteiger partial charge in [-0.05, 0) is 23.8 Å². The molecule has 0 fully saturated rings. The number of likely N-dealkylation sites (N-methyl/N-ethyl adjacent to an activating group) is 1. The van der Waals surface area contributed by atoms with Gasteiger partial charge in [0.25, 0.3) is 0 Å². The molecule has 0 aromatic heterocycles. The van der Waals surface area contributed by atoms with E-state index in [2.05, 4.69) is 5.32 Å². The summed E-state index contributed by atoms with van der Waals surface area (Å²) in [6.07, 6.45) is 0. The molecule has 0 saturated heterocycles. The van der Waals surface area contributed by atoms with Crippen LogP contribution in [0.3, 0.4) is 0 Å². The van der Waals surface area contributed by atoms with Gasteiger partial charge in [-0.25, -0.2) is 0 Å². The van der Waals surface area contributed by atoms with Crippen LogP contribution in [0.4, 0.5) is 11.4 Å². The van der Waals surface area contributed by atoms with Crippen molar-refractivity contribution in [3.8, 4) is 0 Å². The molecule has 0 radical (unpaired) electrons. The molecule has 0 saturated carbocycles. The number of hydrogen-bond donors (Lipinski definition) is 1. The fourth-order valence-corrected chi connectivity index (χ4v) is 2.89. The first-order valence-electron chi connectivity index (χ1n) is 6.62. The Morgan fingerprint density at radius 1 is 1.14 bits per heavy atom. The largest absolute Gasteiger partial charge is 0.324 e. The summed E-state index contributed by atoms with van der Waals surface area (Å²) in [6, 6.07) is 12.2. The molecule has 1 aliphatic rings. The third-order valence-corrected chi connectivity index (χ3v) is 4.48. The van der Waals surface area contributed by atoms with Crippen LogP contribution in [0.2, 0.25) is 10.0 Å². The number of benzene rings is 2. The van der Waals surface area contributed by atoms with Crippen molar-refractivity contribution in [1.29, 1.82) is 0 Å². The van der Waals surface area contributed by atoms with Gasteiger partial charge < -0.3 is 10.2 Å². The van der Waals surface area contributed by atoms with E-state index in [-0.39, 0.29) is 10.9 Å². The third-order valence-electron chi connectivity index (χ3n) is 3.66. The van der Waals surface area contributed by atoms with E-state index in [0.29, 0.717) is 16.3 Å². The molecule has 0 aliphatic carbocycles. The lowest BCUT2D eigenvalue weighted by atomic mass is 10.00. The summed E-state index contributed by atoms with van der Waals surface area (Å²) >= 11 is 12.0. The van der Waals surface area contributed by atoms with Gasteiger partial charge in [0.15, 0.2) is 0 Å². The maximum Gasteiger partial charge on any atom is 0.243 e. The van der Waals surface area contributed by atoms with Crippen LogP contribution in [0.5, 0.6) is 0 Å². The summed E-state index contributed by atoms with van der Waals surface area (Å²) in [5.41, 5.74) is 1.81. The van der Waals surface area contributed by atoms with Gasteiger partial charge in [-0.2, -0.15) is 0 Å². The highest BCUT2D eigenvalue weighted by Gasteiger charge is 2.40. The lowest BCUT2D eigenvalue weighted by molar-refractivity contribution is -0.126. The van der Waals surface area contributed by atoms with Gasteiger partial charge in [0, 0.05) is 12.7 Å². The molecular formula is C16H12Cl2N2O2. The number of nitrogens with one attached hydrogen (secondary N) is 1. The van der Waals surface area contributed by atoms with Gasteiger partial charge in [0.1, 0.15) is 5.92 Å². The van der Waals surface area contributed by atoms with Crippen molar-refractivity contribution in [1.82, 2.24) is 0 Å². The molecule has 2 amide bonds. The average Bonchev–Trinajstić information content (AvgIpc) is 2.76. The Kier molecular flexibility index (Phi) is 3.81. The van der Waals surface area contributed by atoms with E-state index in [1.807, 2.05) is 12.1 Å². The topological polar surface area (TPSA) is 49.4 Å². The Hall–Kier alpha value is -2.04. The standard InChI is InChI=1S/C16H12Cl2N2O2/c1-20-12-8-3-2-5-9(12)13(16(20)22)15(21)19-11-7-4-6-10(17)14(11)18/h2-8,13H,1H3,(H,19,21). The second-order valence-electron chi connectivity index (χ2n) is 4.98. The Balaban J connectivity index is 1.93. The molecule has 6 heteroatoms. The third kappa shape index (κ3) is 2.34. The van der Waals surface area contributed by atoms with E-state index in [9.17, 15) is 9.59 Å². The minimum absolute atomic E-state index is 0.254. The van der Waals surface area contributed by atoms with Crippen LogP contribution < -0.4 is 10.2 Å². The highest BCUT2D eigenvalue weighted by Crippen LogP contribution is 2.37. The number of para-hydroxylation sites is 1. The highest BCUT2D eigenvalue weighted by atomic mass is 35.5. The number of nitrogens with zero attached hydrogens (tertiary/aromatic N) is 1. The van der Waals surface area contributed by atoms with Gasteiger partial charge in [0.2, 0.25) is 11.8 Å². The van der Waals surface area contributed by atoms with Crippen molar-refractivity contribution in [2.45, 2.75) is 5.92 Å². The number of carbonyl (C=O) groups is 2. The van der Waals surface area contributed by atoms with Crippen molar-refractivity contribution < 1.29 is 9.59 Å². The zero-order valence-electron chi connectivity index (χ0n) is 11.6. The molecule has 2 aromatic rings. The van der Waals surface area contributed by atoms with E-state index in [1.165, 1.54) is 4.90 Å². The van der Waals surface area contributed by atoms with Gasteiger partial charge in [0.05, 0.1) is 15.7 Å². The first-order valence-corrected chi connectivity index (χ1v) is 7.37. The maximum atomic E-state index is 12.5. The molecule has 22 heavy (non-hydrogen) atoms. The molecule has 0 spiro atoms. The molecule has 2 aromatic carbocycles. The molecule has 112 valence electrons. The molecule has 1 unspecified atom stereocenters. The van der Waals surface area contributed by atoms with Crippen LogP contribution in [0, 0.1) is 0 Å². The van der Waals surface area contributed by atoms with Gasteiger partial charge in [-0.3, -0.25) is 9.59 Å². The van der Waals surface area contributed by atoms with Gasteiger partial charge in [-0.15, -0.1) is 0 Å². The molecule has 4 nitrogen and oxygen atoms in total. The first-order chi connectivity index (χ1) is 10.5. The Labute approximate surface area is 137 Å². The fourth-order valence-electron chi connectivity index (χ4n) is 2.54. The summed E-state index contributed by atoms with van der Waals surface area (Å²) in [4.78, 5) is 26.4. The van der Waals surface area contributed by atoms with Crippen LogP contribution in [0.1, 0.15) is 11.5 Å². The fraction of sp³-hybridized carbons (Fsp3) is 0.125. The molecule has 1 N–H and O–H groups in total. The second kappa shape index (κ2) is 5.63. The minimum Gasteiger partial charge on any atom is -0.324 e. The summed E-state index contributed by atoms with van der Waals surface area (Å²) in [5, 5.41) is 3.28. The Morgan fingerprint density at radius 2 is 1.86 bits per heavy atom. The lowest BCUT2D eigenvalue weighted by Crippen LogP contribution is -2.31. The van der Waals surface area contributed by atoms with Crippen molar-refractivity contribution in [3.63, 3.8) is 0 Å². The number of carbonyl (C=O) groups excluding carboxylic acids is 2. The summed E-state index contributed by atoms with van der Waals surface area (Å²) in [5.74, 6) is -1.57. The molecular weight excluding hydrogens is 323 g/mol. The SMILES string of the molecule is CN1C(=O)C(C(=O)Nc2cccc(Cl)c2Cl)c2ccccc21. The number of halogens is 2. The molecule has 1 heterocycles. The van der Waals surface area contributed by atoms with E-state index in [4.69, 9.17) is 23.2 Å². The van der Waals surface area contributed by atoms with Crippen LogP contribution >= 0.6 is 23.2 Å². The highest BCUT2D eigenvalue weighted by molar-refractivity contribution is 6.44. The first kappa shape index (κ1) is 14.9. The molecule has 1 atom stereocenters. The van der Waals surface area contributed by atoms with E-state index < -0.39 is 11.8 Å². The molecule has 3 rings (SSSR count). The number of amides is 2. The second-order valence-corrected chi connectivity index (χ2v) is 5.76. The zero-order valence-corrected chi connectivity index (χ0v) is 13.2. The predicted molar refractivity (Wildman–Crippen MR) is 87.7 cm³/mol. The smallest absolute Gasteiger partial charge is 0.243 e. The Morgan fingerprint density at radius 3 is 2.64 bits per heavy atom. The van der Waals surface area contributed by atoms with Crippen LogP contribution in [-0.4, -0.2) is 18.9 Å². The van der Waals surface area contributed by atoms with Crippen LogP contribution in [0.15, 0.2) is 42.5 Å². The zero-order chi connectivity index (χ0) is 15.9. The van der Waals surface area contributed by atoms with Gasteiger partial charge >= 0.3 is 0 Å². The predicted octanol–water partition coefficient (Wildman–Crippen LogP) is 3.69. The number of fused-ring (bicyclic) bond motifs is 1. The van der Waals surface area contributed by atoms with Crippen molar-refractivity contribution in [2.24, 2.45) is 0 Å². The minimum atomic E-state index is -0.878. The molecule has 1 aliphatic heterocycles. The van der Waals surface area contributed by atoms with E-state index in [0.717, 1.165) is 5.69 Å². The van der Waals surface area contributed by atoms with Crippen molar-refractivity contribution in [3.05, 3.63) is 58.1 Å². The summed E-state index contributed by atoms with van der Waals surface area (Å²) in [6.45, 7) is 0. The number of rotatable bonds is 2. The summed E-state index contributed by atoms with van der Waals surface area (Å²) in [7, 11) is 1.65. The van der Waals surface area contributed by atoms with E-state index in [1.54, 1.807) is 37.4 Å². The quantitative estimate of drug-likeness (QED) is 0.851. The van der Waals surface area contributed by atoms with Crippen LogP contribution in [0.25, 0.3) is 0 Å². The van der Waals surface area contributed by atoms with Crippen LogP contribution in [-0.2, 0) is 9.59 Å².